The molecule has 0 radical (unpaired) electrons. The molecule has 5 nitrogen and oxygen atoms in total. The lowest BCUT2D eigenvalue weighted by molar-refractivity contribution is -0.120. The number of likely N-dealkylation sites (tertiary alicyclic amines) is 1. The van der Waals surface area contributed by atoms with Crippen molar-refractivity contribution in [3.8, 4) is 0 Å². The second-order valence-corrected chi connectivity index (χ2v) is 4.50. The first-order valence-corrected chi connectivity index (χ1v) is 5.98. The van der Waals surface area contributed by atoms with Crippen molar-refractivity contribution in [2.75, 3.05) is 13.1 Å². The molecule has 0 saturated carbocycles. The summed E-state index contributed by atoms with van der Waals surface area (Å²) in [6.07, 6.45) is 5.03. The lowest BCUT2D eigenvalue weighted by Gasteiger charge is -2.33. The van der Waals surface area contributed by atoms with E-state index in [1.807, 2.05) is 13.0 Å². The molecule has 1 saturated heterocycles. The van der Waals surface area contributed by atoms with Crippen molar-refractivity contribution in [2.45, 2.75) is 32.2 Å². The lowest BCUT2D eigenvalue weighted by Crippen LogP contribution is -2.40. The van der Waals surface area contributed by atoms with Crippen LogP contribution in [0.3, 0.4) is 0 Å². The summed E-state index contributed by atoms with van der Waals surface area (Å²) in [4.78, 5) is 21.9. The summed E-state index contributed by atoms with van der Waals surface area (Å²) in [6.45, 7) is 3.14. The fourth-order valence-corrected chi connectivity index (χ4v) is 2.30. The van der Waals surface area contributed by atoms with E-state index < -0.39 is 0 Å². The number of carbonyl (C=O) groups is 1. The highest BCUT2D eigenvalue weighted by atomic mass is 16.1. The van der Waals surface area contributed by atoms with Crippen LogP contribution in [0.2, 0.25) is 0 Å². The molecule has 92 valence electrons. The standard InChI is InChI=1S/C12H18N4O/c1-9-5-6-14-12(15-9)10-4-2-3-7-16(10)8-11(13)17/h5-6,10H,2-4,7-8H2,1H3,(H2,13,17)/t10-/m1/s1. The predicted octanol–water partition coefficient (Wildman–Crippen LogP) is 0.797. The summed E-state index contributed by atoms with van der Waals surface area (Å²) < 4.78 is 0. The Bertz CT molecular complexity index is 407. The highest BCUT2D eigenvalue weighted by Crippen LogP contribution is 2.28. The van der Waals surface area contributed by atoms with Gasteiger partial charge in [-0.3, -0.25) is 9.69 Å². The van der Waals surface area contributed by atoms with Crippen molar-refractivity contribution in [1.29, 1.82) is 0 Å². The molecule has 0 unspecified atom stereocenters. The molecule has 1 aliphatic heterocycles. The van der Waals surface area contributed by atoms with Crippen LogP contribution in [-0.4, -0.2) is 33.9 Å². The summed E-state index contributed by atoms with van der Waals surface area (Å²) in [6, 6.07) is 2.02. The molecule has 1 amide bonds. The van der Waals surface area contributed by atoms with Gasteiger partial charge in [0, 0.05) is 11.9 Å². The van der Waals surface area contributed by atoms with Gasteiger partial charge in [-0.15, -0.1) is 0 Å². The smallest absolute Gasteiger partial charge is 0.231 e. The molecule has 1 aromatic rings. The zero-order valence-electron chi connectivity index (χ0n) is 10.1. The molecule has 5 heteroatoms. The van der Waals surface area contributed by atoms with Gasteiger partial charge in [0.1, 0.15) is 5.82 Å². The maximum absolute atomic E-state index is 11.1. The van der Waals surface area contributed by atoms with Gasteiger partial charge in [-0.25, -0.2) is 9.97 Å². The van der Waals surface area contributed by atoms with Gasteiger partial charge in [-0.1, -0.05) is 6.42 Å². The Balaban J connectivity index is 2.18. The number of nitrogens with zero attached hydrogens (tertiary/aromatic N) is 3. The van der Waals surface area contributed by atoms with Crippen LogP contribution in [0.15, 0.2) is 12.3 Å². The van der Waals surface area contributed by atoms with E-state index in [0.29, 0.717) is 6.54 Å². The third-order valence-electron chi connectivity index (χ3n) is 3.08. The molecular formula is C12H18N4O. The first-order valence-electron chi connectivity index (χ1n) is 5.98. The van der Waals surface area contributed by atoms with Gasteiger partial charge < -0.3 is 5.73 Å². The van der Waals surface area contributed by atoms with Crippen molar-refractivity contribution in [3.05, 3.63) is 23.8 Å². The summed E-state index contributed by atoms with van der Waals surface area (Å²) in [5, 5.41) is 0. The highest BCUT2D eigenvalue weighted by Gasteiger charge is 2.26. The van der Waals surface area contributed by atoms with Gasteiger partial charge in [-0.2, -0.15) is 0 Å². The van der Waals surface area contributed by atoms with E-state index >= 15 is 0 Å². The number of rotatable bonds is 3. The number of carbonyl (C=O) groups excluding carboxylic acids is 1. The van der Waals surface area contributed by atoms with Gasteiger partial charge in [-0.05, 0) is 32.4 Å². The Hall–Kier alpha value is -1.49. The third-order valence-corrected chi connectivity index (χ3v) is 3.08. The van der Waals surface area contributed by atoms with Gasteiger partial charge in [0.2, 0.25) is 5.91 Å². The maximum atomic E-state index is 11.1. The molecule has 2 rings (SSSR count). The quantitative estimate of drug-likeness (QED) is 0.839. The first-order chi connectivity index (χ1) is 8.16. The van der Waals surface area contributed by atoms with Crippen LogP contribution >= 0.6 is 0 Å². The Morgan fingerprint density at radius 2 is 2.41 bits per heavy atom. The van der Waals surface area contributed by atoms with Crippen LogP contribution in [-0.2, 0) is 4.79 Å². The molecule has 17 heavy (non-hydrogen) atoms. The average molecular weight is 234 g/mol. The number of aryl methyl sites for hydroxylation is 1. The zero-order valence-corrected chi connectivity index (χ0v) is 10.1. The molecule has 2 heterocycles. The fourth-order valence-electron chi connectivity index (χ4n) is 2.30. The maximum Gasteiger partial charge on any atom is 0.231 e. The number of amides is 1. The molecule has 1 aromatic heterocycles. The molecule has 0 aliphatic carbocycles. The fraction of sp³-hybridized carbons (Fsp3) is 0.583. The van der Waals surface area contributed by atoms with Crippen LogP contribution < -0.4 is 5.73 Å². The SMILES string of the molecule is Cc1ccnc([C@H]2CCCCN2CC(N)=O)n1. The van der Waals surface area contributed by atoms with Crippen molar-refractivity contribution in [3.63, 3.8) is 0 Å². The molecule has 0 bridgehead atoms. The normalized spacial score (nSPS) is 21.4. The Labute approximate surface area is 101 Å². The Morgan fingerprint density at radius 3 is 3.12 bits per heavy atom. The topological polar surface area (TPSA) is 72.1 Å². The van der Waals surface area contributed by atoms with E-state index in [1.54, 1.807) is 6.20 Å². The minimum atomic E-state index is -0.287. The molecule has 1 fully saturated rings. The summed E-state index contributed by atoms with van der Waals surface area (Å²) in [5.74, 6) is 0.524. The molecule has 0 spiro atoms. The van der Waals surface area contributed by atoms with Gasteiger partial charge in [0.05, 0.1) is 12.6 Å². The lowest BCUT2D eigenvalue weighted by atomic mass is 10.0. The number of hydrogen-bond donors (Lipinski definition) is 1. The first kappa shape index (κ1) is 12.0. The number of piperidine rings is 1. The van der Waals surface area contributed by atoms with E-state index in [2.05, 4.69) is 14.9 Å². The minimum Gasteiger partial charge on any atom is -0.369 e. The summed E-state index contributed by atoms with van der Waals surface area (Å²) in [5.41, 5.74) is 6.23. The third kappa shape index (κ3) is 3.00. The van der Waals surface area contributed by atoms with Gasteiger partial charge in [0.15, 0.2) is 0 Å². The van der Waals surface area contributed by atoms with Crippen LogP contribution in [0, 0.1) is 6.92 Å². The molecule has 1 atom stereocenters. The molecule has 1 aliphatic rings. The van der Waals surface area contributed by atoms with Crippen LogP contribution in [0.4, 0.5) is 0 Å². The number of primary amides is 1. The van der Waals surface area contributed by atoms with E-state index in [9.17, 15) is 4.79 Å². The number of hydrogen-bond acceptors (Lipinski definition) is 4. The number of nitrogens with two attached hydrogens (primary N) is 1. The van der Waals surface area contributed by atoms with E-state index in [0.717, 1.165) is 37.3 Å². The van der Waals surface area contributed by atoms with E-state index in [1.165, 1.54) is 0 Å². The van der Waals surface area contributed by atoms with Crippen molar-refractivity contribution < 1.29 is 4.79 Å². The molecule has 0 aromatic carbocycles. The van der Waals surface area contributed by atoms with Crippen LogP contribution in [0.1, 0.15) is 36.8 Å². The van der Waals surface area contributed by atoms with Crippen molar-refractivity contribution in [2.24, 2.45) is 5.73 Å². The number of aromatic nitrogens is 2. The highest BCUT2D eigenvalue weighted by molar-refractivity contribution is 5.76. The minimum absolute atomic E-state index is 0.135. The predicted molar refractivity (Wildman–Crippen MR) is 64.1 cm³/mol. The van der Waals surface area contributed by atoms with E-state index in [4.69, 9.17) is 5.73 Å². The molecular weight excluding hydrogens is 216 g/mol. The van der Waals surface area contributed by atoms with Crippen molar-refractivity contribution >= 4 is 5.91 Å². The zero-order chi connectivity index (χ0) is 12.3. The van der Waals surface area contributed by atoms with Gasteiger partial charge in [0.25, 0.3) is 0 Å². The second kappa shape index (κ2) is 5.23. The average Bonchev–Trinajstić information content (AvgIpc) is 2.29. The van der Waals surface area contributed by atoms with Gasteiger partial charge >= 0.3 is 0 Å². The Kier molecular flexibility index (Phi) is 3.68. The van der Waals surface area contributed by atoms with Crippen molar-refractivity contribution in [1.82, 2.24) is 14.9 Å². The summed E-state index contributed by atoms with van der Waals surface area (Å²) >= 11 is 0. The van der Waals surface area contributed by atoms with Crippen LogP contribution in [0.25, 0.3) is 0 Å². The van der Waals surface area contributed by atoms with Crippen LogP contribution in [0.5, 0.6) is 0 Å². The van der Waals surface area contributed by atoms with E-state index in [-0.39, 0.29) is 11.9 Å². The second-order valence-electron chi connectivity index (χ2n) is 4.50. The summed E-state index contributed by atoms with van der Waals surface area (Å²) in [7, 11) is 0. The monoisotopic (exact) mass is 234 g/mol. The largest absolute Gasteiger partial charge is 0.369 e. The Morgan fingerprint density at radius 1 is 1.59 bits per heavy atom. The molecule has 2 N–H and O–H groups in total.